The van der Waals surface area contributed by atoms with Crippen LogP contribution in [0.4, 0.5) is 0 Å². The Hall–Kier alpha value is -2.74. The third kappa shape index (κ3) is 2.65. The van der Waals surface area contributed by atoms with Crippen molar-refractivity contribution in [2.75, 3.05) is 6.61 Å². The normalized spacial score (nSPS) is 21.8. The molecule has 2 aliphatic heterocycles. The lowest BCUT2D eigenvalue weighted by Crippen LogP contribution is -2.27. The number of fused-ring (bicyclic) bond motifs is 1. The minimum absolute atomic E-state index is 0.313. The van der Waals surface area contributed by atoms with Gasteiger partial charge in [-0.1, -0.05) is 31.5 Å². The van der Waals surface area contributed by atoms with Crippen molar-refractivity contribution in [1.82, 2.24) is 0 Å². The van der Waals surface area contributed by atoms with E-state index in [0.29, 0.717) is 30.0 Å². The van der Waals surface area contributed by atoms with E-state index in [-0.39, 0.29) is 5.92 Å². The van der Waals surface area contributed by atoms with E-state index >= 15 is 0 Å². The van der Waals surface area contributed by atoms with Crippen molar-refractivity contribution in [3.8, 4) is 11.8 Å². The molecule has 1 unspecified atom stereocenters. The fraction of sp³-hybridized carbons (Fsp3) is 0.368. The fourth-order valence-electron chi connectivity index (χ4n) is 3.44. The predicted octanol–water partition coefficient (Wildman–Crippen LogP) is 2.89. The highest BCUT2D eigenvalue weighted by molar-refractivity contribution is 6.01. The van der Waals surface area contributed by atoms with E-state index in [1.807, 2.05) is 12.1 Å². The summed E-state index contributed by atoms with van der Waals surface area (Å²) in [5.41, 5.74) is 16.2. The minimum atomic E-state index is -0.313. The molecule has 4 N–H and O–H groups in total. The number of hydrogen-bond acceptors (Lipinski definition) is 5. The lowest BCUT2D eigenvalue weighted by Gasteiger charge is -2.29. The zero-order chi connectivity index (χ0) is 17.1. The van der Waals surface area contributed by atoms with Crippen LogP contribution < -0.4 is 16.2 Å². The van der Waals surface area contributed by atoms with Gasteiger partial charge in [-0.3, -0.25) is 0 Å². The molecule has 1 aromatic carbocycles. The number of nitriles is 1. The topological polar surface area (TPSA) is 97.4 Å². The molecular formula is C19H22N4O. The smallest absolute Gasteiger partial charge is 0.129 e. The second-order valence-electron chi connectivity index (χ2n) is 6.06. The number of nitrogens with zero attached hydrogens (tertiary/aromatic N) is 2. The number of rotatable bonds is 3. The van der Waals surface area contributed by atoms with Crippen LogP contribution in [0.5, 0.6) is 5.75 Å². The maximum absolute atomic E-state index is 9.80. The van der Waals surface area contributed by atoms with Gasteiger partial charge in [0, 0.05) is 17.3 Å². The molecule has 2 heterocycles. The Kier molecular flexibility index (Phi) is 4.57. The summed E-state index contributed by atoms with van der Waals surface area (Å²) in [6, 6.07) is 8.43. The molecule has 5 heteroatoms. The van der Waals surface area contributed by atoms with Crippen LogP contribution in [0.25, 0.3) is 0 Å². The van der Waals surface area contributed by atoms with Crippen LogP contribution in [0.2, 0.25) is 0 Å². The average molecular weight is 322 g/mol. The van der Waals surface area contributed by atoms with Gasteiger partial charge in [-0.15, -0.1) is 0 Å². The highest BCUT2D eigenvalue weighted by Crippen LogP contribution is 2.43. The third-order valence-electron chi connectivity index (χ3n) is 4.52. The Labute approximate surface area is 142 Å². The number of aliphatic imine (C=N–C) groups is 1. The van der Waals surface area contributed by atoms with E-state index < -0.39 is 0 Å². The number of aryl methyl sites for hydroxylation is 1. The monoisotopic (exact) mass is 322 g/mol. The first kappa shape index (κ1) is 16.1. The number of nitrogens with two attached hydrogens (primary N) is 2. The summed E-state index contributed by atoms with van der Waals surface area (Å²) in [6.45, 7) is 2.75. The molecule has 0 fully saturated rings. The Morgan fingerprint density at radius 3 is 3.00 bits per heavy atom. The molecule has 0 saturated carbocycles. The van der Waals surface area contributed by atoms with Gasteiger partial charge >= 0.3 is 0 Å². The van der Waals surface area contributed by atoms with Gasteiger partial charge in [0.15, 0.2) is 0 Å². The van der Waals surface area contributed by atoms with E-state index in [2.05, 4.69) is 24.1 Å². The highest BCUT2D eigenvalue weighted by atomic mass is 16.5. The third-order valence-corrected chi connectivity index (χ3v) is 4.52. The zero-order valence-corrected chi connectivity index (χ0v) is 13.9. The van der Waals surface area contributed by atoms with Gasteiger partial charge in [0.2, 0.25) is 0 Å². The van der Waals surface area contributed by atoms with Crippen LogP contribution in [0, 0.1) is 11.3 Å². The van der Waals surface area contributed by atoms with Crippen molar-refractivity contribution in [2.45, 2.75) is 38.5 Å². The molecule has 1 aromatic rings. The summed E-state index contributed by atoms with van der Waals surface area (Å²) < 4.78 is 5.94. The molecule has 24 heavy (non-hydrogen) atoms. The Morgan fingerprint density at radius 2 is 2.29 bits per heavy atom. The summed E-state index contributed by atoms with van der Waals surface area (Å²) in [6.07, 6.45) is 5.07. The maximum atomic E-state index is 9.80. The van der Waals surface area contributed by atoms with Crippen molar-refractivity contribution in [3.05, 3.63) is 52.4 Å². The average Bonchev–Trinajstić information content (AvgIpc) is 2.61. The standard InChI is InChI=1S/C19H22N4O/c1-2-5-16-14(10-20)17(15(11-21)19(22)23-16)13-8-3-6-12-7-4-9-24-18(12)13/h3,6,8,11,17H,2,4-5,7,9,21H2,1H3,(H2,22,23)/b15-11-. The SMILES string of the molecule is CCCC1=C(C#N)C(c2cccc3c2OCCC3)/C(=C/N)C(N)=N1. The van der Waals surface area contributed by atoms with Crippen molar-refractivity contribution < 1.29 is 4.74 Å². The van der Waals surface area contributed by atoms with Gasteiger partial charge in [0.05, 0.1) is 29.9 Å². The lowest BCUT2D eigenvalue weighted by molar-refractivity contribution is 0.285. The summed E-state index contributed by atoms with van der Waals surface area (Å²) in [7, 11) is 0. The van der Waals surface area contributed by atoms with Gasteiger partial charge in [-0.2, -0.15) is 5.26 Å². The van der Waals surface area contributed by atoms with Gasteiger partial charge in [-0.25, -0.2) is 4.99 Å². The largest absolute Gasteiger partial charge is 0.493 e. The Bertz CT molecular complexity index is 783. The molecular weight excluding hydrogens is 300 g/mol. The number of allylic oxidation sites excluding steroid dienone is 2. The first-order valence-electron chi connectivity index (χ1n) is 8.35. The lowest BCUT2D eigenvalue weighted by atomic mass is 9.80. The van der Waals surface area contributed by atoms with Crippen molar-refractivity contribution in [2.24, 2.45) is 16.5 Å². The molecule has 0 saturated heterocycles. The van der Waals surface area contributed by atoms with Crippen LogP contribution >= 0.6 is 0 Å². The van der Waals surface area contributed by atoms with E-state index in [1.165, 1.54) is 11.8 Å². The number of para-hydroxylation sites is 1. The van der Waals surface area contributed by atoms with E-state index in [4.69, 9.17) is 16.2 Å². The van der Waals surface area contributed by atoms with Crippen molar-refractivity contribution >= 4 is 5.84 Å². The van der Waals surface area contributed by atoms with Crippen molar-refractivity contribution in [1.29, 1.82) is 5.26 Å². The number of ether oxygens (including phenoxy) is 1. The first-order chi connectivity index (χ1) is 11.7. The van der Waals surface area contributed by atoms with Gasteiger partial charge in [-0.05, 0) is 24.8 Å². The highest BCUT2D eigenvalue weighted by Gasteiger charge is 2.33. The second kappa shape index (κ2) is 6.79. The molecule has 2 aliphatic rings. The number of benzene rings is 1. The van der Waals surface area contributed by atoms with Crippen LogP contribution in [0.15, 0.2) is 46.2 Å². The Balaban J connectivity index is 2.21. The van der Waals surface area contributed by atoms with Gasteiger partial charge in [0.25, 0.3) is 0 Å². The van der Waals surface area contributed by atoms with Gasteiger partial charge in [0.1, 0.15) is 11.6 Å². The van der Waals surface area contributed by atoms with Crippen LogP contribution in [-0.2, 0) is 6.42 Å². The van der Waals surface area contributed by atoms with Crippen LogP contribution in [-0.4, -0.2) is 12.4 Å². The number of amidine groups is 1. The molecule has 0 spiro atoms. The molecule has 124 valence electrons. The molecule has 3 rings (SSSR count). The zero-order valence-electron chi connectivity index (χ0n) is 13.9. The molecule has 0 radical (unpaired) electrons. The summed E-state index contributed by atoms with van der Waals surface area (Å²) in [5, 5.41) is 9.80. The quantitative estimate of drug-likeness (QED) is 0.894. The fourth-order valence-corrected chi connectivity index (χ4v) is 3.44. The second-order valence-corrected chi connectivity index (χ2v) is 6.06. The summed E-state index contributed by atoms with van der Waals surface area (Å²) in [5.74, 6) is 0.942. The number of hydrogen-bond donors (Lipinski definition) is 2. The summed E-state index contributed by atoms with van der Waals surface area (Å²) >= 11 is 0. The molecule has 5 nitrogen and oxygen atoms in total. The predicted molar refractivity (Wildman–Crippen MR) is 94.4 cm³/mol. The van der Waals surface area contributed by atoms with Crippen LogP contribution in [0.3, 0.4) is 0 Å². The molecule has 1 atom stereocenters. The molecule has 0 amide bonds. The van der Waals surface area contributed by atoms with Crippen molar-refractivity contribution in [3.63, 3.8) is 0 Å². The van der Waals surface area contributed by atoms with E-state index in [9.17, 15) is 5.26 Å². The molecule has 0 aromatic heterocycles. The van der Waals surface area contributed by atoms with Gasteiger partial charge < -0.3 is 16.2 Å². The van der Waals surface area contributed by atoms with Crippen LogP contribution in [0.1, 0.15) is 43.2 Å². The molecule has 0 aliphatic carbocycles. The summed E-state index contributed by atoms with van der Waals surface area (Å²) in [4.78, 5) is 4.43. The first-order valence-corrected chi connectivity index (χ1v) is 8.35. The Morgan fingerprint density at radius 1 is 1.46 bits per heavy atom. The van der Waals surface area contributed by atoms with E-state index in [0.717, 1.165) is 36.3 Å². The molecule has 0 bridgehead atoms. The minimum Gasteiger partial charge on any atom is -0.493 e. The maximum Gasteiger partial charge on any atom is 0.129 e. The van der Waals surface area contributed by atoms with E-state index in [1.54, 1.807) is 0 Å².